The zero-order chi connectivity index (χ0) is 18.2. The number of fused-ring (bicyclic) bond motifs is 3. The van der Waals surface area contributed by atoms with Crippen LogP contribution in [0.25, 0.3) is 28.1 Å². The van der Waals surface area contributed by atoms with Gasteiger partial charge in [-0.15, -0.1) is 5.10 Å². The van der Waals surface area contributed by atoms with E-state index >= 15 is 0 Å². The third kappa shape index (κ3) is 2.74. The Morgan fingerprint density at radius 2 is 2.00 bits per heavy atom. The lowest BCUT2D eigenvalue weighted by Crippen LogP contribution is -1.87. The van der Waals surface area contributed by atoms with Gasteiger partial charge in [-0.2, -0.15) is 0 Å². The number of methoxy groups -OCH3 is 1. The first kappa shape index (κ1) is 16.0. The average Bonchev–Trinajstić information content (AvgIpc) is 3.41. The minimum Gasteiger partial charge on any atom is -0.496 e. The second-order valence-electron chi connectivity index (χ2n) is 5.93. The molecule has 0 radical (unpaired) electrons. The fraction of sp³-hybridized carbons (Fsp3) is 0.105. The largest absolute Gasteiger partial charge is 0.496 e. The highest BCUT2D eigenvalue weighted by atomic mass is 32.2. The van der Waals surface area contributed by atoms with Crippen LogP contribution in [0.5, 0.6) is 5.75 Å². The fourth-order valence-electron chi connectivity index (χ4n) is 3.04. The molecule has 0 fully saturated rings. The summed E-state index contributed by atoms with van der Waals surface area (Å²) >= 11 is 1.56. The molecule has 0 aliphatic heterocycles. The molecule has 5 rings (SSSR count). The SMILES string of the molecule is COc1ccccc1-c1cc(CSc2n[nH]c3nc4ccccc4n23)on1. The van der Waals surface area contributed by atoms with Crippen molar-refractivity contribution in [2.75, 3.05) is 7.11 Å². The maximum Gasteiger partial charge on any atom is 0.231 e. The number of imidazole rings is 1. The summed E-state index contributed by atoms with van der Waals surface area (Å²) in [6.45, 7) is 0. The molecule has 0 spiro atoms. The molecule has 5 aromatic rings. The van der Waals surface area contributed by atoms with E-state index < -0.39 is 0 Å². The second-order valence-corrected chi connectivity index (χ2v) is 6.88. The first-order valence-corrected chi connectivity index (χ1v) is 9.35. The maximum atomic E-state index is 5.51. The van der Waals surface area contributed by atoms with Gasteiger partial charge in [-0.25, -0.2) is 10.1 Å². The molecule has 134 valence electrons. The Hall–Kier alpha value is -3.26. The van der Waals surface area contributed by atoms with Crippen molar-refractivity contribution in [3.8, 4) is 17.0 Å². The molecule has 1 N–H and O–H groups in total. The van der Waals surface area contributed by atoms with Crippen LogP contribution in [0.2, 0.25) is 0 Å². The van der Waals surface area contributed by atoms with E-state index in [1.54, 1.807) is 18.9 Å². The molecule has 0 aliphatic rings. The molecule has 0 bridgehead atoms. The van der Waals surface area contributed by atoms with Crippen LogP contribution in [-0.4, -0.2) is 31.8 Å². The van der Waals surface area contributed by atoms with Gasteiger partial charge in [0, 0.05) is 11.6 Å². The van der Waals surface area contributed by atoms with Crippen LogP contribution in [-0.2, 0) is 5.75 Å². The third-order valence-electron chi connectivity index (χ3n) is 4.29. The molecule has 2 aromatic carbocycles. The van der Waals surface area contributed by atoms with E-state index in [1.807, 2.05) is 59.0 Å². The number of thioether (sulfide) groups is 1. The molecule has 8 heteroatoms. The summed E-state index contributed by atoms with van der Waals surface area (Å²) in [6.07, 6.45) is 0. The van der Waals surface area contributed by atoms with Gasteiger partial charge in [-0.05, 0) is 24.3 Å². The Bertz CT molecular complexity index is 1240. The van der Waals surface area contributed by atoms with E-state index in [2.05, 4.69) is 20.3 Å². The monoisotopic (exact) mass is 377 g/mol. The van der Waals surface area contributed by atoms with E-state index in [9.17, 15) is 0 Å². The van der Waals surface area contributed by atoms with E-state index in [-0.39, 0.29) is 0 Å². The van der Waals surface area contributed by atoms with Gasteiger partial charge in [0.25, 0.3) is 0 Å². The van der Waals surface area contributed by atoms with Gasteiger partial charge in [0.05, 0.1) is 23.9 Å². The number of benzene rings is 2. The van der Waals surface area contributed by atoms with Gasteiger partial charge in [0.2, 0.25) is 5.78 Å². The van der Waals surface area contributed by atoms with Crippen LogP contribution in [0.3, 0.4) is 0 Å². The molecule has 3 heterocycles. The number of nitrogens with zero attached hydrogens (tertiary/aromatic N) is 4. The number of hydrogen-bond donors (Lipinski definition) is 1. The van der Waals surface area contributed by atoms with E-state index in [1.165, 1.54) is 0 Å². The smallest absolute Gasteiger partial charge is 0.231 e. The van der Waals surface area contributed by atoms with Crippen LogP contribution in [0.15, 0.2) is 64.3 Å². The number of aromatic amines is 1. The Kier molecular flexibility index (Phi) is 3.83. The van der Waals surface area contributed by atoms with Crippen LogP contribution in [0.4, 0.5) is 0 Å². The van der Waals surface area contributed by atoms with Crippen molar-refractivity contribution in [1.82, 2.24) is 24.7 Å². The van der Waals surface area contributed by atoms with Gasteiger partial charge >= 0.3 is 0 Å². The summed E-state index contributed by atoms with van der Waals surface area (Å²) in [4.78, 5) is 4.54. The molecule has 7 nitrogen and oxygen atoms in total. The molecule has 0 atom stereocenters. The maximum absolute atomic E-state index is 5.51. The molecule has 0 unspecified atom stereocenters. The summed E-state index contributed by atoms with van der Waals surface area (Å²) in [7, 11) is 1.65. The Balaban J connectivity index is 1.41. The van der Waals surface area contributed by atoms with Crippen molar-refractivity contribution < 1.29 is 9.26 Å². The van der Waals surface area contributed by atoms with E-state index in [0.717, 1.165) is 44.7 Å². The number of ether oxygens (including phenoxy) is 1. The van der Waals surface area contributed by atoms with Crippen molar-refractivity contribution in [2.45, 2.75) is 10.9 Å². The molecule has 3 aromatic heterocycles. The summed E-state index contributed by atoms with van der Waals surface area (Å²) in [5.41, 5.74) is 3.62. The molecular weight excluding hydrogens is 362 g/mol. The molecule has 0 saturated carbocycles. The van der Waals surface area contributed by atoms with Crippen molar-refractivity contribution >= 4 is 28.6 Å². The minimum atomic E-state index is 0.606. The lowest BCUT2D eigenvalue weighted by atomic mass is 10.1. The normalized spacial score (nSPS) is 11.4. The fourth-order valence-corrected chi connectivity index (χ4v) is 3.87. The summed E-state index contributed by atoms with van der Waals surface area (Å²) < 4.78 is 12.9. The predicted molar refractivity (Wildman–Crippen MR) is 103 cm³/mol. The van der Waals surface area contributed by atoms with Gasteiger partial charge in [0.1, 0.15) is 17.2 Å². The van der Waals surface area contributed by atoms with Crippen molar-refractivity contribution in [3.05, 3.63) is 60.4 Å². The van der Waals surface area contributed by atoms with Crippen molar-refractivity contribution in [1.29, 1.82) is 0 Å². The topological polar surface area (TPSA) is 81.2 Å². The van der Waals surface area contributed by atoms with Gasteiger partial charge in [0.15, 0.2) is 5.16 Å². The minimum absolute atomic E-state index is 0.606. The highest BCUT2D eigenvalue weighted by molar-refractivity contribution is 7.98. The standard InChI is InChI=1S/C19H15N5O2S/c1-25-17-9-5-2-6-13(17)15-10-12(26-23-15)11-27-19-22-21-18-20-14-7-3-4-8-16(14)24(18)19/h2-10H,11H2,1H3,(H,20,21). The number of H-pyrrole nitrogens is 1. The van der Waals surface area contributed by atoms with Crippen LogP contribution in [0, 0.1) is 0 Å². The van der Waals surface area contributed by atoms with Crippen molar-refractivity contribution in [3.63, 3.8) is 0 Å². The number of para-hydroxylation sites is 3. The lowest BCUT2D eigenvalue weighted by molar-refractivity contribution is 0.395. The van der Waals surface area contributed by atoms with Gasteiger partial charge in [-0.3, -0.25) is 4.40 Å². The summed E-state index contributed by atoms with van der Waals surface area (Å²) in [5, 5.41) is 12.4. The second kappa shape index (κ2) is 6.48. The Morgan fingerprint density at radius 1 is 1.15 bits per heavy atom. The molecule has 0 amide bonds. The quantitative estimate of drug-likeness (QED) is 0.463. The molecular formula is C19H15N5O2S. The third-order valence-corrected chi connectivity index (χ3v) is 5.25. The lowest BCUT2D eigenvalue weighted by Gasteiger charge is -2.03. The number of aromatic nitrogens is 5. The average molecular weight is 377 g/mol. The number of rotatable bonds is 5. The Labute approximate surface area is 158 Å². The molecule has 0 aliphatic carbocycles. The number of hydrogen-bond acceptors (Lipinski definition) is 6. The predicted octanol–water partition coefficient (Wildman–Crippen LogP) is 4.17. The summed E-state index contributed by atoms with van der Waals surface area (Å²) in [5.74, 6) is 2.87. The van der Waals surface area contributed by atoms with Crippen LogP contribution >= 0.6 is 11.8 Å². The summed E-state index contributed by atoms with van der Waals surface area (Å²) in [6, 6.07) is 17.7. The zero-order valence-corrected chi connectivity index (χ0v) is 15.2. The zero-order valence-electron chi connectivity index (χ0n) is 14.4. The molecule has 0 saturated heterocycles. The highest BCUT2D eigenvalue weighted by Crippen LogP contribution is 2.31. The highest BCUT2D eigenvalue weighted by Gasteiger charge is 2.15. The first-order valence-electron chi connectivity index (χ1n) is 8.37. The van der Waals surface area contributed by atoms with Gasteiger partial charge in [-0.1, -0.05) is 41.2 Å². The van der Waals surface area contributed by atoms with Gasteiger partial charge < -0.3 is 9.26 Å². The van der Waals surface area contributed by atoms with E-state index in [4.69, 9.17) is 9.26 Å². The molecule has 27 heavy (non-hydrogen) atoms. The number of nitrogens with one attached hydrogen (secondary N) is 1. The van der Waals surface area contributed by atoms with E-state index in [0.29, 0.717) is 5.75 Å². The van der Waals surface area contributed by atoms with Crippen LogP contribution in [0.1, 0.15) is 5.76 Å². The van der Waals surface area contributed by atoms with Crippen LogP contribution < -0.4 is 4.74 Å². The first-order chi connectivity index (χ1) is 13.3. The Morgan fingerprint density at radius 3 is 2.93 bits per heavy atom. The van der Waals surface area contributed by atoms with Crippen molar-refractivity contribution in [2.24, 2.45) is 0 Å².